The summed E-state index contributed by atoms with van der Waals surface area (Å²) in [5.74, 6) is 1.18. The zero-order valence-corrected chi connectivity index (χ0v) is 18.3. The fraction of sp³-hybridized carbons (Fsp3) is 0.348. The van der Waals surface area contributed by atoms with Gasteiger partial charge in [0, 0.05) is 32.5 Å². The highest BCUT2D eigenvalue weighted by atomic mass is 16.5. The summed E-state index contributed by atoms with van der Waals surface area (Å²) in [5.41, 5.74) is 1.08. The lowest BCUT2D eigenvalue weighted by Gasteiger charge is -2.31. The lowest BCUT2D eigenvalue weighted by molar-refractivity contribution is 0.131. The fourth-order valence-corrected chi connectivity index (χ4v) is 3.56. The van der Waals surface area contributed by atoms with Crippen LogP contribution in [-0.4, -0.2) is 47.9 Å². The normalized spacial score (nSPS) is 11.9. The Labute approximate surface area is 181 Å². The van der Waals surface area contributed by atoms with Crippen LogP contribution in [0.15, 0.2) is 53.3 Å². The third kappa shape index (κ3) is 4.86. The number of fused-ring (bicyclic) bond motifs is 1. The molecule has 0 aliphatic carbocycles. The number of para-hydroxylation sites is 1. The summed E-state index contributed by atoms with van der Waals surface area (Å²) in [7, 11) is 4.85. The highest BCUT2D eigenvalue weighted by Gasteiger charge is 2.27. The van der Waals surface area contributed by atoms with Crippen LogP contribution in [-0.2, 0) is 11.8 Å². The molecule has 1 aromatic heterocycles. The Morgan fingerprint density at radius 2 is 1.97 bits per heavy atom. The predicted molar refractivity (Wildman–Crippen MR) is 121 cm³/mol. The molecule has 0 radical (unpaired) electrons. The van der Waals surface area contributed by atoms with Crippen LogP contribution in [0.1, 0.15) is 25.2 Å². The van der Waals surface area contributed by atoms with Crippen molar-refractivity contribution >= 4 is 22.6 Å². The van der Waals surface area contributed by atoms with Gasteiger partial charge in [-0.15, -0.1) is 0 Å². The number of hydrogen-bond acceptors (Lipinski definition) is 5. The van der Waals surface area contributed by atoms with E-state index in [0.717, 1.165) is 0 Å². The van der Waals surface area contributed by atoms with E-state index < -0.39 is 6.04 Å². The SMILES string of the molecule is CCC(c1nc2ccccc2c(=O)n1C)N(CCOC)C(=O)Nc1cccc(OC)c1. The van der Waals surface area contributed by atoms with Crippen molar-refractivity contribution < 1.29 is 14.3 Å². The number of urea groups is 1. The van der Waals surface area contributed by atoms with Crippen LogP contribution in [0.5, 0.6) is 5.75 Å². The summed E-state index contributed by atoms with van der Waals surface area (Å²) in [6.45, 7) is 2.65. The second-order valence-electron chi connectivity index (χ2n) is 7.12. The van der Waals surface area contributed by atoms with Gasteiger partial charge in [0.05, 0.1) is 30.7 Å². The highest BCUT2D eigenvalue weighted by molar-refractivity contribution is 5.90. The number of nitrogens with one attached hydrogen (secondary N) is 1. The van der Waals surface area contributed by atoms with Gasteiger partial charge in [-0.2, -0.15) is 0 Å². The van der Waals surface area contributed by atoms with Crippen molar-refractivity contribution in [1.29, 1.82) is 0 Å². The van der Waals surface area contributed by atoms with Gasteiger partial charge in [-0.3, -0.25) is 9.36 Å². The van der Waals surface area contributed by atoms with Crippen molar-refractivity contribution in [3.8, 4) is 5.75 Å². The largest absolute Gasteiger partial charge is 0.497 e. The minimum atomic E-state index is -0.414. The Balaban J connectivity index is 1.99. The Morgan fingerprint density at radius 1 is 1.19 bits per heavy atom. The first-order valence-corrected chi connectivity index (χ1v) is 10.2. The van der Waals surface area contributed by atoms with E-state index in [9.17, 15) is 9.59 Å². The van der Waals surface area contributed by atoms with Gasteiger partial charge < -0.3 is 19.7 Å². The van der Waals surface area contributed by atoms with Crippen LogP contribution in [0.2, 0.25) is 0 Å². The van der Waals surface area contributed by atoms with Crippen molar-refractivity contribution in [2.24, 2.45) is 7.05 Å². The molecule has 1 unspecified atom stereocenters. The molecule has 31 heavy (non-hydrogen) atoms. The first-order valence-electron chi connectivity index (χ1n) is 10.2. The third-order valence-corrected chi connectivity index (χ3v) is 5.20. The second kappa shape index (κ2) is 10.1. The molecule has 0 aliphatic heterocycles. The number of amides is 2. The maximum Gasteiger partial charge on any atom is 0.322 e. The monoisotopic (exact) mass is 424 g/mol. The van der Waals surface area contributed by atoms with Gasteiger partial charge in [0.2, 0.25) is 0 Å². The number of anilines is 1. The molecular weight excluding hydrogens is 396 g/mol. The standard InChI is InChI=1S/C23H28N4O4/c1-5-20(21-25-19-12-7-6-11-18(19)22(28)26(21)2)27(13-14-30-3)23(29)24-16-9-8-10-17(15-16)31-4/h6-12,15,20H,5,13-14H2,1-4H3,(H,24,29). The minimum absolute atomic E-state index is 0.140. The van der Waals surface area contributed by atoms with Crippen molar-refractivity contribution in [2.75, 3.05) is 32.7 Å². The minimum Gasteiger partial charge on any atom is -0.497 e. The number of methoxy groups -OCH3 is 2. The van der Waals surface area contributed by atoms with Crippen LogP contribution in [0.4, 0.5) is 10.5 Å². The quantitative estimate of drug-likeness (QED) is 0.597. The summed E-state index contributed by atoms with van der Waals surface area (Å²) in [6, 6.07) is 13.7. The molecular formula is C23H28N4O4. The summed E-state index contributed by atoms with van der Waals surface area (Å²) < 4.78 is 12.0. The number of carbonyl (C=O) groups excluding carboxylic acids is 1. The van der Waals surface area contributed by atoms with E-state index in [1.165, 1.54) is 4.57 Å². The smallest absolute Gasteiger partial charge is 0.322 e. The number of benzene rings is 2. The molecule has 164 valence electrons. The zero-order valence-electron chi connectivity index (χ0n) is 18.3. The van der Waals surface area contributed by atoms with E-state index in [2.05, 4.69) is 5.32 Å². The molecule has 8 heteroatoms. The molecule has 2 aromatic carbocycles. The Kier molecular flexibility index (Phi) is 7.25. The van der Waals surface area contributed by atoms with Gasteiger partial charge in [-0.25, -0.2) is 9.78 Å². The van der Waals surface area contributed by atoms with Crippen LogP contribution < -0.4 is 15.6 Å². The van der Waals surface area contributed by atoms with E-state index >= 15 is 0 Å². The molecule has 0 fully saturated rings. The van der Waals surface area contributed by atoms with Gasteiger partial charge >= 0.3 is 6.03 Å². The summed E-state index contributed by atoms with van der Waals surface area (Å²) >= 11 is 0. The number of ether oxygens (including phenoxy) is 2. The predicted octanol–water partition coefficient (Wildman–Crippen LogP) is 3.57. The highest BCUT2D eigenvalue weighted by Crippen LogP contribution is 2.25. The molecule has 0 aliphatic rings. The number of nitrogens with zero attached hydrogens (tertiary/aromatic N) is 3. The van der Waals surface area contributed by atoms with Gasteiger partial charge in [0.25, 0.3) is 5.56 Å². The average molecular weight is 425 g/mol. The Bertz CT molecular complexity index is 1110. The molecule has 0 saturated carbocycles. The van der Waals surface area contributed by atoms with E-state index in [1.54, 1.807) is 50.4 Å². The average Bonchev–Trinajstić information content (AvgIpc) is 2.79. The zero-order chi connectivity index (χ0) is 22.4. The molecule has 2 amide bonds. The maximum absolute atomic E-state index is 13.3. The van der Waals surface area contributed by atoms with Crippen molar-refractivity contribution in [2.45, 2.75) is 19.4 Å². The van der Waals surface area contributed by atoms with Crippen LogP contribution in [0.3, 0.4) is 0 Å². The van der Waals surface area contributed by atoms with Gasteiger partial charge in [-0.05, 0) is 30.7 Å². The summed E-state index contributed by atoms with van der Waals surface area (Å²) in [6.07, 6.45) is 0.577. The summed E-state index contributed by atoms with van der Waals surface area (Å²) in [4.78, 5) is 32.5. The molecule has 3 aromatic rings. The van der Waals surface area contributed by atoms with Gasteiger partial charge in [0.1, 0.15) is 11.6 Å². The van der Waals surface area contributed by atoms with Crippen LogP contribution in [0.25, 0.3) is 10.9 Å². The fourth-order valence-electron chi connectivity index (χ4n) is 3.56. The van der Waals surface area contributed by atoms with E-state index in [4.69, 9.17) is 14.5 Å². The summed E-state index contributed by atoms with van der Waals surface area (Å²) in [5, 5.41) is 3.47. The molecule has 8 nitrogen and oxygen atoms in total. The second-order valence-corrected chi connectivity index (χ2v) is 7.12. The number of rotatable bonds is 8. The van der Waals surface area contributed by atoms with E-state index in [-0.39, 0.29) is 11.6 Å². The van der Waals surface area contributed by atoms with E-state index in [0.29, 0.717) is 47.7 Å². The number of carbonyl (C=O) groups is 1. The lowest BCUT2D eigenvalue weighted by Crippen LogP contribution is -2.42. The molecule has 1 atom stereocenters. The first-order chi connectivity index (χ1) is 15.0. The van der Waals surface area contributed by atoms with Crippen molar-refractivity contribution in [3.63, 3.8) is 0 Å². The first kappa shape index (κ1) is 22.3. The molecule has 3 rings (SSSR count). The lowest BCUT2D eigenvalue weighted by atomic mass is 10.1. The van der Waals surface area contributed by atoms with Crippen LogP contribution in [0, 0.1) is 0 Å². The Morgan fingerprint density at radius 3 is 2.68 bits per heavy atom. The number of aromatic nitrogens is 2. The molecule has 1 heterocycles. The van der Waals surface area contributed by atoms with Gasteiger partial charge in [-0.1, -0.05) is 25.1 Å². The van der Waals surface area contributed by atoms with Crippen LogP contribution >= 0.6 is 0 Å². The molecule has 1 N–H and O–H groups in total. The molecule has 0 bridgehead atoms. The molecule has 0 spiro atoms. The van der Waals surface area contributed by atoms with Crippen molar-refractivity contribution in [1.82, 2.24) is 14.5 Å². The van der Waals surface area contributed by atoms with Gasteiger partial charge in [0.15, 0.2) is 0 Å². The topological polar surface area (TPSA) is 85.7 Å². The number of hydrogen-bond donors (Lipinski definition) is 1. The third-order valence-electron chi connectivity index (χ3n) is 5.20. The van der Waals surface area contributed by atoms with Crippen molar-refractivity contribution in [3.05, 3.63) is 64.7 Å². The Hall–Kier alpha value is -3.39. The molecule has 0 saturated heterocycles. The van der Waals surface area contributed by atoms with E-state index in [1.807, 2.05) is 31.2 Å². The maximum atomic E-state index is 13.3.